The molecule has 1 saturated heterocycles. The Morgan fingerprint density at radius 3 is 2.46 bits per heavy atom. The first-order valence-electron chi connectivity index (χ1n) is 8.70. The van der Waals surface area contributed by atoms with Crippen molar-refractivity contribution < 1.29 is 23.5 Å². The molecule has 0 atom stereocenters. The minimum atomic E-state index is -0.615. The second-order valence-corrected chi connectivity index (χ2v) is 7.30. The van der Waals surface area contributed by atoms with Crippen molar-refractivity contribution in [2.24, 2.45) is 5.73 Å². The average molecular weight is 405 g/mol. The van der Waals surface area contributed by atoms with Crippen LogP contribution in [0.25, 0.3) is 0 Å². The average Bonchev–Trinajstić information content (AvgIpc) is 3.16. The largest absolute Gasteiger partial charge is 0.487 e. The summed E-state index contributed by atoms with van der Waals surface area (Å²) in [5.41, 5.74) is 5.84. The van der Waals surface area contributed by atoms with Gasteiger partial charge < -0.3 is 20.3 Å². The maximum atomic E-state index is 14.3. The van der Waals surface area contributed by atoms with Gasteiger partial charge >= 0.3 is 0 Å². The number of nitrogens with two attached hydrogens (primary N) is 1. The van der Waals surface area contributed by atoms with Gasteiger partial charge in [-0.3, -0.25) is 14.4 Å². The lowest BCUT2D eigenvalue weighted by molar-refractivity contribution is -0.130. The fraction of sp³-hybridized carbons (Fsp3) is 0.316. The number of rotatable bonds is 5. The Balaban J connectivity index is 1.69. The number of halogens is 1. The van der Waals surface area contributed by atoms with E-state index in [1.165, 1.54) is 41.4 Å². The van der Waals surface area contributed by atoms with E-state index in [-0.39, 0.29) is 18.1 Å². The monoisotopic (exact) mass is 405 g/mol. The molecule has 0 radical (unpaired) electrons. The summed E-state index contributed by atoms with van der Waals surface area (Å²) >= 11 is 1.18. The lowest BCUT2D eigenvalue weighted by Gasteiger charge is -2.34. The first kappa shape index (κ1) is 19.8. The molecule has 0 unspecified atom stereocenters. The van der Waals surface area contributed by atoms with Crippen LogP contribution in [0.1, 0.15) is 32.5 Å². The number of hydrogen-bond donors (Lipinski definition) is 1. The van der Waals surface area contributed by atoms with Crippen molar-refractivity contribution in [2.75, 3.05) is 26.2 Å². The lowest BCUT2D eigenvalue weighted by Crippen LogP contribution is -2.50. The highest BCUT2D eigenvalue weighted by molar-refractivity contribution is 7.12. The molecule has 9 heteroatoms. The summed E-state index contributed by atoms with van der Waals surface area (Å²) in [7, 11) is 0. The highest BCUT2D eigenvalue weighted by Crippen LogP contribution is 2.25. The predicted molar refractivity (Wildman–Crippen MR) is 102 cm³/mol. The third-order valence-electron chi connectivity index (χ3n) is 4.52. The van der Waals surface area contributed by atoms with Gasteiger partial charge in [-0.05, 0) is 29.1 Å². The third kappa shape index (κ3) is 4.30. The molecule has 1 aliphatic rings. The van der Waals surface area contributed by atoms with E-state index in [0.717, 1.165) is 0 Å². The molecule has 3 rings (SSSR count). The molecule has 2 aromatic rings. The fourth-order valence-corrected chi connectivity index (χ4v) is 3.66. The number of primary amides is 1. The van der Waals surface area contributed by atoms with Crippen LogP contribution in [0.4, 0.5) is 4.39 Å². The first-order valence-corrected chi connectivity index (χ1v) is 9.58. The number of piperazine rings is 1. The Bertz CT molecular complexity index is 906. The minimum absolute atomic E-state index is 0.0406. The SMILES string of the molecule is CC(=O)N1CCN(C(=O)c2cc(COc3ccsc3C(N)=O)ccc2F)CC1. The summed E-state index contributed by atoms with van der Waals surface area (Å²) in [6.45, 7) is 3.12. The zero-order valence-corrected chi connectivity index (χ0v) is 16.1. The van der Waals surface area contributed by atoms with Gasteiger partial charge in [-0.25, -0.2) is 4.39 Å². The summed E-state index contributed by atoms with van der Waals surface area (Å²) < 4.78 is 19.9. The van der Waals surface area contributed by atoms with E-state index in [1.54, 1.807) is 16.3 Å². The van der Waals surface area contributed by atoms with Crippen LogP contribution >= 0.6 is 11.3 Å². The first-order chi connectivity index (χ1) is 13.4. The summed E-state index contributed by atoms with van der Waals surface area (Å²) in [6, 6.07) is 5.83. The molecule has 7 nitrogen and oxygen atoms in total. The molecule has 1 fully saturated rings. The number of benzene rings is 1. The maximum absolute atomic E-state index is 14.3. The van der Waals surface area contributed by atoms with Crippen LogP contribution in [0.3, 0.4) is 0 Å². The number of ether oxygens (including phenoxy) is 1. The number of thiophene rings is 1. The number of amides is 3. The fourth-order valence-electron chi connectivity index (χ4n) is 2.97. The zero-order chi connectivity index (χ0) is 20.3. The molecule has 1 aromatic heterocycles. The van der Waals surface area contributed by atoms with Crippen molar-refractivity contribution in [3.05, 3.63) is 51.5 Å². The summed E-state index contributed by atoms with van der Waals surface area (Å²) in [5, 5.41) is 1.69. The molecule has 0 aliphatic carbocycles. The molecule has 2 heterocycles. The van der Waals surface area contributed by atoms with Crippen LogP contribution in [0.2, 0.25) is 0 Å². The van der Waals surface area contributed by atoms with Gasteiger partial charge in [0.05, 0.1) is 5.56 Å². The van der Waals surface area contributed by atoms with Crippen molar-refractivity contribution in [2.45, 2.75) is 13.5 Å². The van der Waals surface area contributed by atoms with E-state index < -0.39 is 17.6 Å². The Hall–Kier alpha value is -2.94. The molecular formula is C19H20FN3O4S. The van der Waals surface area contributed by atoms with Crippen molar-refractivity contribution >= 4 is 29.1 Å². The molecule has 1 aromatic carbocycles. The number of nitrogens with zero attached hydrogens (tertiary/aromatic N) is 2. The van der Waals surface area contributed by atoms with Gasteiger partial charge in [-0.1, -0.05) is 6.07 Å². The Labute approximate surface area is 165 Å². The van der Waals surface area contributed by atoms with Crippen molar-refractivity contribution in [3.63, 3.8) is 0 Å². The van der Waals surface area contributed by atoms with E-state index in [2.05, 4.69) is 0 Å². The van der Waals surface area contributed by atoms with Gasteiger partial charge in [0.15, 0.2) is 0 Å². The van der Waals surface area contributed by atoms with Crippen LogP contribution in [-0.2, 0) is 11.4 Å². The zero-order valence-electron chi connectivity index (χ0n) is 15.3. The number of hydrogen-bond acceptors (Lipinski definition) is 5. The van der Waals surface area contributed by atoms with Crippen LogP contribution in [0, 0.1) is 5.82 Å². The van der Waals surface area contributed by atoms with E-state index in [4.69, 9.17) is 10.5 Å². The van der Waals surface area contributed by atoms with Crippen LogP contribution in [0.5, 0.6) is 5.75 Å². The Kier molecular flexibility index (Phi) is 5.93. The van der Waals surface area contributed by atoms with Gasteiger partial charge in [0, 0.05) is 33.1 Å². The van der Waals surface area contributed by atoms with Crippen molar-refractivity contribution in [1.29, 1.82) is 0 Å². The second-order valence-electron chi connectivity index (χ2n) is 6.38. The molecule has 1 aliphatic heterocycles. The summed E-state index contributed by atoms with van der Waals surface area (Å²) in [4.78, 5) is 39.0. The third-order valence-corrected chi connectivity index (χ3v) is 5.43. The Morgan fingerprint density at radius 1 is 1.14 bits per heavy atom. The van der Waals surface area contributed by atoms with Crippen molar-refractivity contribution in [3.8, 4) is 5.75 Å². The summed E-state index contributed by atoms with van der Waals surface area (Å²) in [6.07, 6.45) is 0. The predicted octanol–water partition coefficient (Wildman–Crippen LogP) is 1.87. The summed E-state index contributed by atoms with van der Waals surface area (Å²) in [5.74, 6) is -1.30. The van der Waals surface area contributed by atoms with Gasteiger partial charge in [0.1, 0.15) is 23.1 Å². The molecule has 0 spiro atoms. The number of carbonyl (C=O) groups is 3. The molecule has 0 saturated carbocycles. The van der Waals surface area contributed by atoms with E-state index >= 15 is 0 Å². The van der Waals surface area contributed by atoms with Gasteiger partial charge in [0.25, 0.3) is 11.8 Å². The Morgan fingerprint density at radius 2 is 1.82 bits per heavy atom. The topological polar surface area (TPSA) is 92.9 Å². The molecule has 3 amide bonds. The van der Waals surface area contributed by atoms with Crippen LogP contribution in [-0.4, -0.2) is 53.7 Å². The molecular weight excluding hydrogens is 385 g/mol. The van der Waals surface area contributed by atoms with Gasteiger partial charge in [-0.2, -0.15) is 0 Å². The maximum Gasteiger partial charge on any atom is 0.262 e. The lowest BCUT2D eigenvalue weighted by atomic mass is 10.1. The standard InChI is InChI=1S/C19H20FN3O4S/c1-12(24)22-5-7-23(8-6-22)19(26)14-10-13(2-3-15(14)20)11-27-16-4-9-28-17(16)18(21)25/h2-4,9-10H,5-8,11H2,1H3,(H2,21,25). The number of carbonyl (C=O) groups excluding carboxylic acids is 3. The van der Waals surface area contributed by atoms with E-state index in [0.29, 0.717) is 42.4 Å². The van der Waals surface area contributed by atoms with Crippen molar-refractivity contribution in [1.82, 2.24) is 9.80 Å². The normalized spacial score (nSPS) is 14.1. The van der Waals surface area contributed by atoms with E-state index in [1.807, 2.05) is 0 Å². The van der Waals surface area contributed by atoms with E-state index in [9.17, 15) is 18.8 Å². The van der Waals surface area contributed by atoms with Gasteiger partial charge in [-0.15, -0.1) is 11.3 Å². The van der Waals surface area contributed by atoms with Crippen LogP contribution in [0.15, 0.2) is 29.6 Å². The quantitative estimate of drug-likeness (QED) is 0.822. The van der Waals surface area contributed by atoms with Gasteiger partial charge in [0.2, 0.25) is 5.91 Å². The minimum Gasteiger partial charge on any atom is -0.487 e. The molecule has 28 heavy (non-hydrogen) atoms. The molecule has 148 valence electrons. The smallest absolute Gasteiger partial charge is 0.262 e. The highest BCUT2D eigenvalue weighted by atomic mass is 32.1. The highest BCUT2D eigenvalue weighted by Gasteiger charge is 2.25. The second kappa shape index (κ2) is 8.39. The molecule has 2 N–H and O–H groups in total. The molecule has 0 bridgehead atoms. The van der Waals surface area contributed by atoms with Crippen LogP contribution < -0.4 is 10.5 Å².